The number of primary amides is 1. The van der Waals surface area contributed by atoms with Crippen LogP contribution in [0.1, 0.15) is 25.0 Å². The Kier molecular flexibility index (Phi) is 6.04. The molecule has 2 amide bonds. The van der Waals surface area contributed by atoms with E-state index in [-0.39, 0.29) is 12.3 Å². The molecule has 0 spiro atoms. The number of hydrogen-bond donors (Lipinski definition) is 2. The van der Waals surface area contributed by atoms with E-state index in [0.717, 1.165) is 0 Å². The zero-order chi connectivity index (χ0) is 18.4. The Morgan fingerprint density at radius 3 is 2.44 bits per heavy atom. The molecule has 0 aliphatic rings. The molecule has 0 saturated heterocycles. The van der Waals surface area contributed by atoms with Gasteiger partial charge in [0.05, 0.1) is 18.1 Å². The lowest BCUT2D eigenvalue weighted by Gasteiger charge is -2.28. The van der Waals surface area contributed by atoms with E-state index < -0.39 is 11.4 Å². The van der Waals surface area contributed by atoms with Gasteiger partial charge in [-0.1, -0.05) is 54.1 Å². The van der Waals surface area contributed by atoms with Crippen molar-refractivity contribution in [2.45, 2.75) is 25.8 Å². The molecule has 0 aliphatic carbocycles. The predicted molar refractivity (Wildman–Crippen MR) is 97.5 cm³/mol. The van der Waals surface area contributed by atoms with E-state index in [1.807, 2.05) is 13.0 Å². The minimum absolute atomic E-state index is 0.0194. The predicted octanol–water partition coefficient (Wildman–Crippen LogP) is 2.80. The third-order valence-electron chi connectivity index (χ3n) is 3.92. The number of rotatable bonds is 7. The fourth-order valence-corrected chi connectivity index (χ4v) is 2.79. The molecule has 2 rings (SSSR count). The number of hydrogen-bond acceptors (Lipinski definition) is 3. The molecular formula is C19H21ClN2O3. The van der Waals surface area contributed by atoms with Crippen LogP contribution < -0.4 is 15.8 Å². The molecule has 0 fully saturated rings. The first-order valence-corrected chi connectivity index (χ1v) is 8.33. The van der Waals surface area contributed by atoms with Crippen molar-refractivity contribution >= 4 is 23.4 Å². The van der Waals surface area contributed by atoms with Gasteiger partial charge in [-0.25, -0.2) is 0 Å². The van der Waals surface area contributed by atoms with Crippen molar-refractivity contribution in [3.05, 3.63) is 64.7 Å². The summed E-state index contributed by atoms with van der Waals surface area (Å²) in [5.41, 5.74) is 5.51. The summed E-state index contributed by atoms with van der Waals surface area (Å²) in [4.78, 5) is 24.6. The van der Waals surface area contributed by atoms with Gasteiger partial charge in [0, 0.05) is 5.56 Å². The van der Waals surface area contributed by atoms with Crippen LogP contribution in [0.15, 0.2) is 48.5 Å². The molecule has 6 heteroatoms. The maximum Gasteiger partial charge on any atom is 0.247 e. The Labute approximate surface area is 152 Å². The average Bonchev–Trinajstić information content (AvgIpc) is 2.58. The van der Waals surface area contributed by atoms with Gasteiger partial charge in [0.1, 0.15) is 11.3 Å². The standard InChI is InChI=1S/C19H21ClN2O3/c1-3-25-17-13(8-7-11-15(17)20)12-16(23)22-19(2,18(21)24)14-9-5-4-6-10-14/h4-11H,3,12H2,1-2H3,(H2,21,24)(H,22,23). The molecule has 0 aliphatic heterocycles. The second kappa shape index (κ2) is 8.03. The van der Waals surface area contributed by atoms with Crippen LogP contribution in [0.3, 0.4) is 0 Å². The molecule has 3 N–H and O–H groups in total. The van der Waals surface area contributed by atoms with Gasteiger partial charge in [0.2, 0.25) is 11.8 Å². The second-order valence-electron chi connectivity index (χ2n) is 5.74. The highest BCUT2D eigenvalue weighted by Crippen LogP contribution is 2.29. The average molecular weight is 361 g/mol. The van der Waals surface area contributed by atoms with Crippen molar-refractivity contribution in [2.75, 3.05) is 6.61 Å². The van der Waals surface area contributed by atoms with Gasteiger partial charge in [-0.2, -0.15) is 0 Å². The SMILES string of the molecule is CCOc1c(Cl)cccc1CC(=O)NC(C)(C(N)=O)c1ccccc1. The second-order valence-corrected chi connectivity index (χ2v) is 6.15. The summed E-state index contributed by atoms with van der Waals surface area (Å²) < 4.78 is 5.53. The molecule has 1 unspecified atom stereocenters. The largest absolute Gasteiger partial charge is 0.492 e. The first-order chi connectivity index (χ1) is 11.9. The minimum atomic E-state index is -1.30. The first kappa shape index (κ1) is 18.8. The Bertz CT molecular complexity index is 765. The van der Waals surface area contributed by atoms with E-state index in [0.29, 0.717) is 28.5 Å². The molecule has 5 nitrogen and oxygen atoms in total. The quantitative estimate of drug-likeness (QED) is 0.796. The van der Waals surface area contributed by atoms with E-state index in [1.165, 1.54) is 0 Å². The van der Waals surface area contributed by atoms with Gasteiger partial charge in [0.15, 0.2) is 0 Å². The van der Waals surface area contributed by atoms with Crippen LogP contribution in [0, 0.1) is 0 Å². The van der Waals surface area contributed by atoms with Crippen molar-refractivity contribution < 1.29 is 14.3 Å². The number of ether oxygens (including phenoxy) is 1. The van der Waals surface area contributed by atoms with Crippen molar-refractivity contribution in [1.82, 2.24) is 5.32 Å². The van der Waals surface area contributed by atoms with E-state index in [9.17, 15) is 9.59 Å². The number of nitrogens with one attached hydrogen (secondary N) is 1. The normalized spacial score (nSPS) is 12.9. The van der Waals surface area contributed by atoms with Gasteiger partial charge >= 0.3 is 0 Å². The van der Waals surface area contributed by atoms with Crippen LogP contribution in [-0.2, 0) is 21.5 Å². The maximum atomic E-state index is 12.6. The molecule has 2 aromatic carbocycles. The Morgan fingerprint density at radius 1 is 1.16 bits per heavy atom. The van der Waals surface area contributed by atoms with E-state index >= 15 is 0 Å². The fourth-order valence-electron chi connectivity index (χ4n) is 2.54. The summed E-state index contributed by atoms with van der Waals surface area (Å²) >= 11 is 6.14. The van der Waals surface area contributed by atoms with E-state index in [4.69, 9.17) is 22.1 Å². The Balaban J connectivity index is 2.24. The number of nitrogens with two attached hydrogens (primary N) is 1. The number of amides is 2. The van der Waals surface area contributed by atoms with Gasteiger partial charge in [-0.3, -0.25) is 9.59 Å². The summed E-state index contributed by atoms with van der Waals surface area (Å²) in [5, 5.41) is 3.17. The highest BCUT2D eigenvalue weighted by Gasteiger charge is 2.34. The summed E-state index contributed by atoms with van der Waals surface area (Å²) in [7, 11) is 0. The zero-order valence-corrected chi connectivity index (χ0v) is 15.0. The van der Waals surface area contributed by atoms with Crippen molar-refractivity contribution in [2.24, 2.45) is 5.73 Å². The third kappa shape index (κ3) is 4.31. The minimum Gasteiger partial charge on any atom is -0.492 e. The van der Waals surface area contributed by atoms with Crippen molar-refractivity contribution in [3.63, 3.8) is 0 Å². The molecule has 0 aromatic heterocycles. The monoisotopic (exact) mass is 360 g/mol. The first-order valence-electron chi connectivity index (χ1n) is 7.95. The molecule has 132 valence electrons. The number of benzene rings is 2. The van der Waals surface area contributed by atoms with E-state index in [1.54, 1.807) is 49.4 Å². The highest BCUT2D eigenvalue weighted by molar-refractivity contribution is 6.32. The van der Waals surface area contributed by atoms with Crippen molar-refractivity contribution in [1.29, 1.82) is 0 Å². The van der Waals surface area contributed by atoms with Gasteiger partial charge in [0.25, 0.3) is 0 Å². The number of carbonyl (C=O) groups is 2. The topological polar surface area (TPSA) is 81.4 Å². The smallest absolute Gasteiger partial charge is 0.247 e. The lowest BCUT2D eigenvalue weighted by molar-refractivity contribution is -0.131. The van der Waals surface area contributed by atoms with Crippen LogP contribution in [-0.4, -0.2) is 18.4 Å². The molecule has 0 radical (unpaired) electrons. The van der Waals surface area contributed by atoms with Crippen LogP contribution >= 0.6 is 11.6 Å². The van der Waals surface area contributed by atoms with Crippen LogP contribution in [0.4, 0.5) is 0 Å². The van der Waals surface area contributed by atoms with Gasteiger partial charge in [-0.05, 0) is 25.5 Å². The lowest BCUT2D eigenvalue weighted by Crippen LogP contribution is -2.53. The number of carbonyl (C=O) groups excluding carboxylic acids is 2. The summed E-state index contributed by atoms with van der Waals surface area (Å²) in [6, 6.07) is 14.1. The highest BCUT2D eigenvalue weighted by atomic mass is 35.5. The van der Waals surface area contributed by atoms with Crippen molar-refractivity contribution in [3.8, 4) is 5.75 Å². The summed E-state index contributed by atoms with van der Waals surface area (Å²) in [6.07, 6.45) is 0.0194. The third-order valence-corrected chi connectivity index (χ3v) is 4.22. The summed E-state index contributed by atoms with van der Waals surface area (Å²) in [5.74, 6) is -0.515. The molecule has 0 saturated carbocycles. The lowest BCUT2D eigenvalue weighted by atomic mass is 9.91. The molecule has 0 bridgehead atoms. The van der Waals surface area contributed by atoms with Crippen LogP contribution in [0.5, 0.6) is 5.75 Å². The number of para-hydroxylation sites is 1. The molecule has 25 heavy (non-hydrogen) atoms. The van der Waals surface area contributed by atoms with Crippen LogP contribution in [0.2, 0.25) is 5.02 Å². The van der Waals surface area contributed by atoms with E-state index in [2.05, 4.69) is 5.32 Å². The molecule has 2 aromatic rings. The molecule has 0 heterocycles. The van der Waals surface area contributed by atoms with Crippen LogP contribution in [0.25, 0.3) is 0 Å². The Hall–Kier alpha value is -2.53. The van der Waals surface area contributed by atoms with Gasteiger partial charge in [-0.15, -0.1) is 0 Å². The molecule has 1 atom stereocenters. The number of halogens is 1. The summed E-state index contributed by atoms with van der Waals surface area (Å²) in [6.45, 7) is 3.86. The van der Waals surface area contributed by atoms with Gasteiger partial charge < -0.3 is 15.8 Å². The zero-order valence-electron chi connectivity index (χ0n) is 14.2. The molecular weight excluding hydrogens is 340 g/mol. The Morgan fingerprint density at radius 2 is 1.84 bits per heavy atom. The maximum absolute atomic E-state index is 12.6. The fraction of sp³-hybridized carbons (Fsp3) is 0.263.